The van der Waals surface area contributed by atoms with Crippen LogP contribution in [0.2, 0.25) is 0 Å². The van der Waals surface area contributed by atoms with Crippen molar-refractivity contribution in [3.8, 4) is 0 Å². The standard InChI is InChI=1S/C14H20N2O2S/c17-19(18)8-1-6-16(7-9-19)11-12-2-3-13-4-5-15-14(13)10-12/h2-3,10,15H,1,4-9,11H2. The summed E-state index contributed by atoms with van der Waals surface area (Å²) >= 11 is 0. The Hall–Kier alpha value is -1.07. The molecule has 0 atom stereocenters. The van der Waals surface area contributed by atoms with Crippen molar-refractivity contribution in [3.63, 3.8) is 0 Å². The highest BCUT2D eigenvalue weighted by molar-refractivity contribution is 7.91. The van der Waals surface area contributed by atoms with Gasteiger partial charge in [-0.2, -0.15) is 0 Å². The first-order valence-corrected chi connectivity index (χ1v) is 8.73. The van der Waals surface area contributed by atoms with E-state index in [0.717, 1.165) is 32.5 Å². The van der Waals surface area contributed by atoms with E-state index in [1.165, 1.54) is 16.8 Å². The molecule has 5 heteroatoms. The highest BCUT2D eigenvalue weighted by atomic mass is 32.2. The van der Waals surface area contributed by atoms with Crippen LogP contribution in [-0.2, 0) is 22.8 Å². The Morgan fingerprint density at radius 1 is 1.21 bits per heavy atom. The average molecular weight is 280 g/mol. The van der Waals surface area contributed by atoms with Crippen LogP contribution in [0.4, 0.5) is 5.69 Å². The van der Waals surface area contributed by atoms with Gasteiger partial charge in [-0.15, -0.1) is 0 Å². The normalized spacial score (nSPS) is 22.5. The Bertz CT molecular complexity index is 569. The Labute approximate surface area is 114 Å². The molecule has 4 nitrogen and oxygen atoms in total. The maximum absolute atomic E-state index is 11.6. The summed E-state index contributed by atoms with van der Waals surface area (Å²) in [6.45, 7) is 3.42. The molecular formula is C14H20N2O2S. The molecule has 2 aliphatic rings. The highest BCUT2D eigenvalue weighted by Gasteiger charge is 2.19. The van der Waals surface area contributed by atoms with Crippen LogP contribution in [0.15, 0.2) is 18.2 Å². The summed E-state index contributed by atoms with van der Waals surface area (Å²) in [7, 11) is -2.81. The molecule has 0 unspecified atom stereocenters. The van der Waals surface area contributed by atoms with E-state index in [-0.39, 0.29) is 0 Å². The largest absolute Gasteiger partial charge is 0.384 e. The van der Waals surface area contributed by atoms with Crippen molar-refractivity contribution in [2.45, 2.75) is 19.4 Å². The van der Waals surface area contributed by atoms with Crippen molar-refractivity contribution in [3.05, 3.63) is 29.3 Å². The summed E-state index contributed by atoms with van der Waals surface area (Å²) in [6, 6.07) is 6.58. The third-order valence-electron chi connectivity index (χ3n) is 3.94. The third kappa shape index (κ3) is 3.09. The second-order valence-corrected chi connectivity index (χ2v) is 7.75. The summed E-state index contributed by atoms with van der Waals surface area (Å²) in [6.07, 6.45) is 1.86. The highest BCUT2D eigenvalue weighted by Crippen LogP contribution is 2.24. The molecule has 1 saturated heterocycles. The lowest BCUT2D eigenvalue weighted by Crippen LogP contribution is -2.26. The summed E-state index contributed by atoms with van der Waals surface area (Å²) in [5, 5.41) is 3.39. The van der Waals surface area contributed by atoms with E-state index in [4.69, 9.17) is 0 Å². The van der Waals surface area contributed by atoms with Crippen LogP contribution in [0.5, 0.6) is 0 Å². The summed E-state index contributed by atoms with van der Waals surface area (Å²) < 4.78 is 23.2. The Balaban J connectivity index is 1.68. The monoisotopic (exact) mass is 280 g/mol. The van der Waals surface area contributed by atoms with Crippen LogP contribution < -0.4 is 5.32 Å². The van der Waals surface area contributed by atoms with Crippen molar-refractivity contribution in [2.75, 3.05) is 36.5 Å². The second kappa shape index (κ2) is 5.13. The summed E-state index contributed by atoms with van der Waals surface area (Å²) in [5.41, 5.74) is 3.91. The maximum Gasteiger partial charge on any atom is 0.151 e. The predicted octanol–water partition coefficient (Wildman–Crippen LogP) is 1.28. The minimum absolute atomic E-state index is 0.302. The van der Waals surface area contributed by atoms with Crippen LogP contribution in [0.25, 0.3) is 0 Å². The Morgan fingerprint density at radius 3 is 3.00 bits per heavy atom. The maximum atomic E-state index is 11.6. The lowest BCUT2D eigenvalue weighted by atomic mass is 10.1. The fourth-order valence-electron chi connectivity index (χ4n) is 2.84. The van der Waals surface area contributed by atoms with Gasteiger partial charge in [0.15, 0.2) is 9.84 Å². The molecule has 1 N–H and O–H groups in total. The summed E-state index contributed by atoms with van der Waals surface area (Å²) in [5.74, 6) is 0.644. The number of anilines is 1. The first-order valence-electron chi connectivity index (χ1n) is 6.91. The van der Waals surface area contributed by atoms with Gasteiger partial charge >= 0.3 is 0 Å². The van der Waals surface area contributed by atoms with Crippen LogP contribution in [0, 0.1) is 0 Å². The molecule has 0 aliphatic carbocycles. The van der Waals surface area contributed by atoms with E-state index in [9.17, 15) is 8.42 Å². The number of hydrogen-bond acceptors (Lipinski definition) is 4. The first-order chi connectivity index (χ1) is 9.12. The van der Waals surface area contributed by atoms with Gasteiger partial charge in [-0.05, 0) is 36.6 Å². The molecule has 0 bridgehead atoms. The predicted molar refractivity (Wildman–Crippen MR) is 77.2 cm³/mol. The van der Waals surface area contributed by atoms with Gasteiger partial charge < -0.3 is 5.32 Å². The molecule has 19 heavy (non-hydrogen) atoms. The zero-order valence-electron chi connectivity index (χ0n) is 11.1. The van der Waals surface area contributed by atoms with E-state index >= 15 is 0 Å². The van der Waals surface area contributed by atoms with Crippen LogP contribution in [-0.4, -0.2) is 44.5 Å². The number of sulfone groups is 1. The molecule has 1 fully saturated rings. The van der Waals surface area contributed by atoms with Gasteiger partial charge in [0.2, 0.25) is 0 Å². The zero-order chi connectivity index (χ0) is 13.3. The second-order valence-electron chi connectivity index (χ2n) is 5.45. The van der Waals surface area contributed by atoms with Gasteiger partial charge in [-0.1, -0.05) is 12.1 Å². The first kappa shape index (κ1) is 12.9. The molecule has 0 aromatic heterocycles. The summed E-state index contributed by atoms with van der Waals surface area (Å²) in [4.78, 5) is 2.25. The molecule has 3 rings (SSSR count). The molecule has 2 aliphatic heterocycles. The molecule has 0 saturated carbocycles. The number of fused-ring (bicyclic) bond motifs is 1. The van der Waals surface area contributed by atoms with Gasteiger partial charge in [0.25, 0.3) is 0 Å². The molecule has 104 valence electrons. The Kier molecular flexibility index (Phi) is 3.50. The number of benzene rings is 1. The number of hydrogen-bond donors (Lipinski definition) is 1. The van der Waals surface area contributed by atoms with Gasteiger partial charge in [0, 0.05) is 25.3 Å². The average Bonchev–Trinajstić information content (AvgIpc) is 2.76. The minimum Gasteiger partial charge on any atom is -0.384 e. The number of nitrogens with zero attached hydrogens (tertiary/aromatic N) is 1. The number of rotatable bonds is 2. The SMILES string of the molecule is O=S1(=O)CCCN(Cc2ccc3c(c2)NCC3)CC1. The minimum atomic E-state index is -2.81. The van der Waals surface area contributed by atoms with Gasteiger partial charge in [-0.25, -0.2) is 8.42 Å². The lowest BCUT2D eigenvalue weighted by Gasteiger charge is -2.19. The lowest BCUT2D eigenvalue weighted by molar-refractivity contribution is 0.287. The third-order valence-corrected chi connectivity index (χ3v) is 5.65. The van der Waals surface area contributed by atoms with Crippen LogP contribution in [0.1, 0.15) is 17.5 Å². The van der Waals surface area contributed by atoms with E-state index in [1.807, 2.05) is 0 Å². The molecule has 1 aromatic rings. The van der Waals surface area contributed by atoms with E-state index in [0.29, 0.717) is 18.1 Å². The number of nitrogens with one attached hydrogen (secondary N) is 1. The van der Waals surface area contributed by atoms with E-state index < -0.39 is 9.84 Å². The van der Waals surface area contributed by atoms with Crippen molar-refractivity contribution in [1.82, 2.24) is 4.90 Å². The Morgan fingerprint density at radius 2 is 2.11 bits per heavy atom. The molecule has 0 spiro atoms. The molecule has 2 heterocycles. The topological polar surface area (TPSA) is 49.4 Å². The van der Waals surface area contributed by atoms with Crippen molar-refractivity contribution >= 4 is 15.5 Å². The molecule has 1 aromatic carbocycles. The fourth-order valence-corrected chi connectivity index (χ4v) is 4.15. The van der Waals surface area contributed by atoms with Gasteiger partial charge in [0.1, 0.15) is 0 Å². The van der Waals surface area contributed by atoms with E-state index in [2.05, 4.69) is 28.4 Å². The quantitative estimate of drug-likeness (QED) is 0.886. The molecule has 0 radical (unpaired) electrons. The smallest absolute Gasteiger partial charge is 0.151 e. The van der Waals surface area contributed by atoms with Crippen LogP contribution >= 0.6 is 0 Å². The zero-order valence-corrected chi connectivity index (χ0v) is 11.9. The van der Waals surface area contributed by atoms with Crippen molar-refractivity contribution in [1.29, 1.82) is 0 Å². The molecule has 0 amide bonds. The van der Waals surface area contributed by atoms with Crippen molar-refractivity contribution < 1.29 is 8.42 Å². The van der Waals surface area contributed by atoms with Gasteiger partial charge in [-0.3, -0.25) is 4.90 Å². The van der Waals surface area contributed by atoms with Gasteiger partial charge in [0.05, 0.1) is 11.5 Å². The fraction of sp³-hybridized carbons (Fsp3) is 0.571. The molecular weight excluding hydrogens is 260 g/mol. The van der Waals surface area contributed by atoms with E-state index in [1.54, 1.807) is 0 Å². The van der Waals surface area contributed by atoms with Crippen LogP contribution in [0.3, 0.4) is 0 Å². The van der Waals surface area contributed by atoms with Crippen molar-refractivity contribution in [2.24, 2.45) is 0 Å².